The van der Waals surface area contributed by atoms with Crippen molar-refractivity contribution >= 4 is 0 Å². The number of nitrogens with zero attached hydrogens (tertiary/aromatic N) is 1. The van der Waals surface area contributed by atoms with Crippen LogP contribution in [0.3, 0.4) is 0 Å². The zero-order chi connectivity index (χ0) is 13.0. The number of fused-ring (bicyclic) bond motifs is 1. The van der Waals surface area contributed by atoms with Crippen molar-refractivity contribution in [2.45, 2.75) is 44.3 Å². The first kappa shape index (κ1) is 13.3. The van der Waals surface area contributed by atoms with E-state index in [2.05, 4.69) is 16.4 Å². The molecule has 100 valence electrons. The summed E-state index contributed by atoms with van der Waals surface area (Å²) in [7, 11) is 0. The zero-order valence-electron chi connectivity index (χ0n) is 10.1. The molecule has 0 fully saturated rings. The Labute approximate surface area is 105 Å². The van der Waals surface area contributed by atoms with Gasteiger partial charge < -0.3 is 5.32 Å². The molecule has 0 saturated heterocycles. The van der Waals surface area contributed by atoms with Crippen molar-refractivity contribution in [3.05, 3.63) is 29.6 Å². The van der Waals surface area contributed by atoms with E-state index in [9.17, 15) is 13.2 Å². The minimum absolute atomic E-state index is 0.193. The molecule has 0 saturated carbocycles. The number of nitrogens with one attached hydrogen (secondary N) is 1. The number of hydrogen-bond acceptors (Lipinski definition) is 2. The van der Waals surface area contributed by atoms with Gasteiger partial charge in [0.1, 0.15) is 0 Å². The van der Waals surface area contributed by atoms with Crippen LogP contribution in [-0.2, 0) is 6.42 Å². The lowest BCUT2D eigenvalue weighted by Crippen LogP contribution is -2.21. The van der Waals surface area contributed by atoms with Crippen LogP contribution in [0.2, 0.25) is 0 Å². The fraction of sp³-hybridized carbons (Fsp3) is 0.615. The van der Waals surface area contributed by atoms with Gasteiger partial charge in [0.25, 0.3) is 0 Å². The first-order chi connectivity index (χ1) is 8.56. The molecule has 0 radical (unpaired) electrons. The Morgan fingerprint density at radius 1 is 1.33 bits per heavy atom. The van der Waals surface area contributed by atoms with E-state index in [1.807, 2.05) is 6.07 Å². The summed E-state index contributed by atoms with van der Waals surface area (Å²) in [6.45, 7) is 0.622. The van der Waals surface area contributed by atoms with Gasteiger partial charge in [0.05, 0.1) is 11.7 Å². The monoisotopic (exact) mass is 258 g/mol. The lowest BCUT2D eigenvalue weighted by Gasteiger charge is -2.13. The van der Waals surface area contributed by atoms with E-state index in [1.165, 1.54) is 5.56 Å². The topological polar surface area (TPSA) is 24.9 Å². The maximum Gasteiger partial charge on any atom is 0.389 e. The van der Waals surface area contributed by atoms with Crippen LogP contribution in [0, 0.1) is 0 Å². The second-order valence-corrected chi connectivity index (χ2v) is 4.67. The molecule has 18 heavy (non-hydrogen) atoms. The molecule has 0 aliphatic heterocycles. The maximum absolute atomic E-state index is 12.0. The molecule has 0 spiro atoms. The van der Waals surface area contributed by atoms with E-state index in [1.54, 1.807) is 6.20 Å². The number of aryl methyl sites for hydroxylation is 1. The summed E-state index contributed by atoms with van der Waals surface area (Å²) < 4.78 is 35.9. The highest BCUT2D eigenvalue weighted by molar-refractivity contribution is 5.27. The van der Waals surface area contributed by atoms with Crippen molar-refractivity contribution in [3.8, 4) is 0 Å². The molecular weight excluding hydrogens is 241 g/mol. The van der Waals surface area contributed by atoms with E-state index < -0.39 is 12.6 Å². The van der Waals surface area contributed by atoms with Gasteiger partial charge in [-0.05, 0) is 43.9 Å². The fourth-order valence-corrected chi connectivity index (χ4v) is 2.34. The predicted octanol–water partition coefficient (Wildman–Crippen LogP) is 3.39. The molecule has 1 unspecified atom stereocenters. The predicted molar refractivity (Wildman–Crippen MR) is 63.2 cm³/mol. The zero-order valence-corrected chi connectivity index (χ0v) is 10.1. The Balaban J connectivity index is 1.70. The van der Waals surface area contributed by atoms with E-state index in [-0.39, 0.29) is 12.5 Å². The van der Waals surface area contributed by atoms with Crippen LogP contribution in [0.25, 0.3) is 0 Å². The SMILES string of the molecule is FC(F)(F)CCCCNC1CCc2cccnc21. The molecule has 1 aromatic heterocycles. The first-order valence-corrected chi connectivity index (χ1v) is 6.30. The Hall–Kier alpha value is -1.10. The second kappa shape index (κ2) is 5.69. The summed E-state index contributed by atoms with van der Waals surface area (Å²) in [5, 5.41) is 3.29. The molecule has 2 nitrogen and oxygen atoms in total. The minimum Gasteiger partial charge on any atom is -0.309 e. The standard InChI is InChI=1S/C13H17F3N2/c14-13(15,16)7-1-2-8-17-11-6-5-10-4-3-9-18-12(10)11/h3-4,9,11,17H,1-2,5-8H2. The van der Waals surface area contributed by atoms with Crippen LogP contribution in [-0.4, -0.2) is 17.7 Å². The molecule has 1 atom stereocenters. The second-order valence-electron chi connectivity index (χ2n) is 4.67. The number of hydrogen-bond donors (Lipinski definition) is 1. The van der Waals surface area contributed by atoms with Crippen molar-refractivity contribution < 1.29 is 13.2 Å². The minimum atomic E-state index is -4.03. The van der Waals surface area contributed by atoms with Gasteiger partial charge in [-0.2, -0.15) is 13.2 Å². The van der Waals surface area contributed by atoms with Gasteiger partial charge in [-0.3, -0.25) is 4.98 Å². The third kappa shape index (κ3) is 3.70. The maximum atomic E-state index is 12.0. The van der Waals surface area contributed by atoms with Gasteiger partial charge in [0, 0.05) is 12.6 Å². The van der Waals surface area contributed by atoms with Crippen molar-refractivity contribution in [2.75, 3.05) is 6.54 Å². The number of aromatic nitrogens is 1. The van der Waals surface area contributed by atoms with E-state index in [0.29, 0.717) is 13.0 Å². The van der Waals surface area contributed by atoms with Crippen LogP contribution in [0.4, 0.5) is 13.2 Å². The summed E-state index contributed by atoms with van der Waals surface area (Å²) in [5.74, 6) is 0. The summed E-state index contributed by atoms with van der Waals surface area (Å²) in [5.41, 5.74) is 2.32. The molecule has 1 aliphatic rings. The Bertz CT molecular complexity index is 390. The van der Waals surface area contributed by atoms with Crippen LogP contribution in [0.15, 0.2) is 18.3 Å². The smallest absolute Gasteiger partial charge is 0.309 e. The van der Waals surface area contributed by atoms with Gasteiger partial charge in [-0.25, -0.2) is 0 Å². The Morgan fingerprint density at radius 2 is 2.17 bits per heavy atom. The highest BCUT2D eigenvalue weighted by Crippen LogP contribution is 2.28. The van der Waals surface area contributed by atoms with Gasteiger partial charge in [0.2, 0.25) is 0 Å². The van der Waals surface area contributed by atoms with Crippen molar-refractivity contribution in [1.29, 1.82) is 0 Å². The van der Waals surface area contributed by atoms with Crippen LogP contribution >= 0.6 is 0 Å². The van der Waals surface area contributed by atoms with Gasteiger partial charge in [-0.15, -0.1) is 0 Å². The van der Waals surface area contributed by atoms with Gasteiger partial charge in [0.15, 0.2) is 0 Å². The van der Waals surface area contributed by atoms with Crippen LogP contribution < -0.4 is 5.32 Å². The van der Waals surface area contributed by atoms with Gasteiger partial charge in [-0.1, -0.05) is 6.07 Å². The molecular formula is C13H17F3N2. The van der Waals surface area contributed by atoms with Crippen LogP contribution in [0.5, 0.6) is 0 Å². The number of rotatable bonds is 5. The van der Waals surface area contributed by atoms with E-state index in [4.69, 9.17) is 0 Å². The van der Waals surface area contributed by atoms with Gasteiger partial charge >= 0.3 is 6.18 Å². The van der Waals surface area contributed by atoms with E-state index >= 15 is 0 Å². The largest absolute Gasteiger partial charge is 0.389 e. The molecule has 5 heteroatoms. The Morgan fingerprint density at radius 3 is 2.94 bits per heavy atom. The summed E-state index contributed by atoms with van der Waals surface area (Å²) in [4.78, 5) is 4.34. The average molecular weight is 258 g/mol. The van der Waals surface area contributed by atoms with Crippen molar-refractivity contribution in [2.24, 2.45) is 0 Å². The lowest BCUT2D eigenvalue weighted by atomic mass is 10.2. The van der Waals surface area contributed by atoms with Crippen molar-refractivity contribution in [3.63, 3.8) is 0 Å². The molecule has 1 N–H and O–H groups in total. The molecule has 2 rings (SSSR count). The first-order valence-electron chi connectivity index (χ1n) is 6.30. The lowest BCUT2D eigenvalue weighted by molar-refractivity contribution is -0.135. The molecule has 0 bridgehead atoms. The quantitative estimate of drug-likeness (QED) is 0.819. The third-order valence-corrected chi connectivity index (χ3v) is 3.24. The number of pyridine rings is 1. The molecule has 0 aromatic carbocycles. The molecule has 1 aliphatic carbocycles. The number of halogens is 3. The molecule has 1 heterocycles. The highest BCUT2D eigenvalue weighted by atomic mass is 19.4. The molecule has 1 aromatic rings. The van der Waals surface area contributed by atoms with Crippen LogP contribution in [0.1, 0.15) is 43.0 Å². The number of unbranched alkanes of at least 4 members (excludes halogenated alkanes) is 1. The summed E-state index contributed by atoms with van der Waals surface area (Å²) >= 11 is 0. The summed E-state index contributed by atoms with van der Waals surface area (Å²) in [6.07, 6.45) is -0.205. The Kier molecular flexibility index (Phi) is 4.22. The van der Waals surface area contributed by atoms with Crippen molar-refractivity contribution in [1.82, 2.24) is 10.3 Å². The van der Waals surface area contributed by atoms with E-state index in [0.717, 1.165) is 18.5 Å². The third-order valence-electron chi connectivity index (χ3n) is 3.24. The highest BCUT2D eigenvalue weighted by Gasteiger charge is 2.26. The average Bonchev–Trinajstić information content (AvgIpc) is 2.71. The normalized spacial score (nSPS) is 18.9. The molecule has 0 amide bonds. The number of alkyl halides is 3. The summed E-state index contributed by atoms with van der Waals surface area (Å²) in [6, 6.07) is 4.20. The fourth-order valence-electron chi connectivity index (χ4n) is 2.34.